The molecule has 2 aromatic carbocycles. The molecule has 5 rings (SSSR count). The van der Waals surface area contributed by atoms with Crippen LogP contribution in [0.3, 0.4) is 0 Å². The number of aromatic nitrogens is 3. The second kappa shape index (κ2) is 7.99. The molecule has 156 valence electrons. The number of nitrogens with zero attached hydrogens (tertiary/aromatic N) is 4. The summed E-state index contributed by atoms with van der Waals surface area (Å²) in [5.74, 6) is 0.0914. The average molecular weight is 411 g/mol. The molecular weight excluding hydrogens is 384 g/mol. The quantitative estimate of drug-likeness (QED) is 0.467. The van der Waals surface area contributed by atoms with Crippen LogP contribution in [0, 0.1) is 13.8 Å². The highest BCUT2D eigenvalue weighted by atomic mass is 16.2. The van der Waals surface area contributed by atoms with Gasteiger partial charge in [-0.05, 0) is 44.4 Å². The number of rotatable bonds is 3. The smallest absolute Gasteiger partial charge is 0.254 e. The molecule has 1 aliphatic rings. The van der Waals surface area contributed by atoms with Crippen LogP contribution in [0.4, 0.5) is 0 Å². The molecule has 0 saturated carbocycles. The Labute approximate surface area is 182 Å². The van der Waals surface area contributed by atoms with Crippen molar-refractivity contribution in [2.24, 2.45) is 0 Å². The molecule has 1 amide bonds. The minimum absolute atomic E-state index is 0.0914. The Morgan fingerprint density at radius 1 is 1.03 bits per heavy atom. The number of carbonyl (C=O) groups excluding carboxylic acids is 1. The summed E-state index contributed by atoms with van der Waals surface area (Å²) >= 11 is 0. The predicted molar refractivity (Wildman–Crippen MR) is 123 cm³/mol. The number of hydrogen-bond acceptors (Lipinski definition) is 3. The summed E-state index contributed by atoms with van der Waals surface area (Å²) in [6, 6.07) is 16.7. The Hall–Kier alpha value is -3.47. The molecule has 0 atom stereocenters. The monoisotopic (exact) mass is 410 g/mol. The van der Waals surface area contributed by atoms with E-state index < -0.39 is 0 Å². The number of pyridine rings is 1. The van der Waals surface area contributed by atoms with E-state index in [1.165, 1.54) is 11.1 Å². The number of likely N-dealkylation sites (tertiary alicyclic amines) is 1. The molecule has 5 nitrogen and oxygen atoms in total. The topological polar surface area (TPSA) is 51.0 Å². The SMILES string of the molecule is Cc1ccc(-c2cc(C(=O)N3CCC(n4ccnc4)CC3)c3ccccc3n2)c(C)c1. The van der Waals surface area contributed by atoms with E-state index >= 15 is 0 Å². The third-order valence-corrected chi connectivity index (χ3v) is 6.30. The molecule has 0 N–H and O–H groups in total. The molecule has 0 bridgehead atoms. The Kier molecular flexibility index (Phi) is 5.02. The molecule has 0 unspecified atom stereocenters. The molecule has 2 aromatic heterocycles. The van der Waals surface area contributed by atoms with Crippen LogP contribution < -0.4 is 0 Å². The Morgan fingerprint density at radius 3 is 2.58 bits per heavy atom. The van der Waals surface area contributed by atoms with Crippen LogP contribution in [0.15, 0.2) is 67.3 Å². The van der Waals surface area contributed by atoms with E-state index in [0.29, 0.717) is 6.04 Å². The maximum Gasteiger partial charge on any atom is 0.254 e. The van der Waals surface area contributed by atoms with Crippen LogP contribution in [0.1, 0.15) is 40.4 Å². The lowest BCUT2D eigenvalue weighted by Crippen LogP contribution is -2.39. The molecule has 31 heavy (non-hydrogen) atoms. The van der Waals surface area contributed by atoms with Crippen molar-refractivity contribution in [2.75, 3.05) is 13.1 Å². The fourth-order valence-electron chi connectivity index (χ4n) is 4.61. The molecule has 4 aromatic rings. The Morgan fingerprint density at radius 2 is 1.84 bits per heavy atom. The lowest BCUT2D eigenvalue weighted by atomic mass is 9.98. The molecule has 5 heteroatoms. The first-order valence-corrected chi connectivity index (χ1v) is 10.8. The molecule has 1 aliphatic heterocycles. The number of hydrogen-bond donors (Lipinski definition) is 0. The minimum atomic E-state index is 0.0914. The van der Waals surface area contributed by atoms with Crippen LogP contribution in [-0.4, -0.2) is 38.4 Å². The van der Waals surface area contributed by atoms with Crippen LogP contribution in [0.2, 0.25) is 0 Å². The van der Waals surface area contributed by atoms with Gasteiger partial charge in [0.05, 0.1) is 23.1 Å². The van der Waals surface area contributed by atoms with Crippen molar-refractivity contribution < 1.29 is 4.79 Å². The Bertz CT molecular complexity index is 1240. The first kappa shape index (κ1) is 19.5. The minimum Gasteiger partial charge on any atom is -0.338 e. The van der Waals surface area contributed by atoms with Gasteiger partial charge in [0.25, 0.3) is 5.91 Å². The van der Waals surface area contributed by atoms with Crippen molar-refractivity contribution in [3.63, 3.8) is 0 Å². The van der Waals surface area contributed by atoms with E-state index in [4.69, 9.17) is 4.98 Å². The van der Waals surface area contributed by atoms with Crippen molar-refractivity contribution in [2.45, 2.75) is 32.7 Å². The number of para-hydroxylation sites is 1. The fourth-order valence-corrected chi connectivity index (χ4v) is 4.61. The number of benzene rings is 2. The fraction of sp³-hybridized carbons (Fsp3) is 0.269. The summed E-state index contributed by atoms with van der Waals surface area (Å²) < 4.78 is 2.15. The summed E-state index contributed by atoms with van der Waals surface area (Å²) in [6.07, 6.45) is 7.57. The van der Waals surface area contributed by atoms with Gasteiger partial charge >= 0.3 is 0 Å². The third kappa shape index (κ3) is 3.72. The highest BCUT2D eigenvalue weighted by Gasteiger charge is 2.26. The first-order valence-electron chi connectivity index (χ1n) is 10.8. The van der Waals surface area contributed by atoms with E-state index in [-0.39, 0.29) is 5.91 Å². The van der Waals surface area contributed by atoms with Gasteiger partial charge < -0.3 is 9.47 Å². The normalized spacial score (nSPS) is 14.8. The van der Waals surface area contributed by atoms with Crippen molar-refractivity contribution in [1.29, 1.82) is 0 Å². The summed E-state index contributed by atoms with van der Waals surface area (Å²) in [6.45, 7) is 5.68. The maximum atomic E-state index is 13.6. The first-order chi connectivity index (χ1) is 15.1. The molecule has 0 radical (unpaired) electrons. The van der Waals surface area contributed by atoms with Crippen LogP contribution >= 0.6 is 0 Å². The van der Waals surface area contributed by atoms with Gasteiger partial charge in [0.1, 0.15) is 0 Å². The number of piperidine rings is 1. The van der Waals surface area contributed by atoms with Gasteiger partial charge in [-0.15, -0.1) is 0 Å². The van der Waals surface area contributed by atoms with Gasteiger partial charge in [-0.25, -0.2) is 9.97 Å². The predicted octanol–water partition coefficient (Wildman–Crippen LogP) is 5.19. The summed E-state index contributed by atoms with van der Waals surface area (Å²) in [5.41, 5.74) is 5.91. The Balaban J connectivity index is 1.49. The van der Waals surface area contributed by atoms with Crippen LogP contribution in [-0.2, 0) is 0 Å². The zero-order valence-electron chi connectivity index (χ0n) is 18.0. The van der Waals surface area contributed by atoms with Crippen molar-refractivity contribution in [3.8, 4) is 11.3 Å². The van der Waals surface area contributed by atoms with Gasteiger partial charge in [0, 0.05) is 42.5 Å². The lowest BCUT2D eigenvalue weighted by molar-refractivity contribution is 0.0696. The zero-order chi connectivity index (χ0) is 21.4. The van der Waals surface area contributed by atoms with Gasteiger partial charge in [-0.3, -0.25) is 4.79 Å². The number of carbonyl (C=O) groups is 1. The second-order valence-electron chi connectivity index (χ2n) is 8.42. The van der Waals surface area contributed by atoms with E-state index in [1.807, 2.05) is 54.0 Å². The standard InChI is InChI=1S/C26H26N4O/c1-18-7-8-21(19(2)15-18)25-16-23(22-5-3-4-6-24(22)28-25)26(31)29-12-9-20(10-13-29)30-14-11-27-17-30/h3-8,11,14-17,20H,9-10,12-13H2,1-2H3. The van der Waals surface area contributed by atoms with Gasteiger partial charge in [-0.2, -0.15) is 0 Å². The third-order valence-electron chi connectivity index (χ3n) is 6.30. The summed E-state index contributed by atoms with van der Waals surface area (Å²) in [5, 5.41) is 0.915. The van der Waals surface area contributed by atoms with Crippen molar-refractivity contribution in [1.82, 2.24) is 19.4 Å². The highest BCUT2D eigenvalue weighted by Crippen LogP contribution is 2.30. The van der Waals surface area contributed by atoms with Gasteiger partial charge in [-0.1, -0.05) is 42.0 Å². The molecule has 1 saturated heterocycles. The summed E-state index contributed by atoms with van der Waals surface area (Å²) in [4.78, 5) is 24.6. The van der Waals surface area contributed by atoms with Crippen molar-refractivity contribution in [3.05, 3.63) is 83.9 Å². The van der Waals surface area contributed by atoms with E-state index in [0.717, 1.165) is 53.7 Å². The molecule has 3 heterocycles. The number of imidazole rings is 1. The van der Waals surface area contributed by atoms with E-state index in [2.05, 4.69) is 41.6 Å². The maximum absolute atomic E-state index is 13.6. The summed E-state index contributed by atoms with van der Waals surface area (Å²) in [7, 11) is 0. The van der Waals surface area contributed by atoms with Crippen LogP contribution in [0.5, 0.6) is 0 Å². The average Bonchev–Trinajstić information content (AvgIpc) is 3.33. The largest absolute Gasteiger partial charge is 0.338 e. The van der Waals surface area contributed by atoms with Crippen LogP contribution in [0.25, 0.3) is 22.2 Å². The second-order valence-corrected chi connectivity index (χ2v) is 8.42. The van der Waals surface area contributed by atoms with E-state index in [9.17, 15) is 4.79 Å². The zero-order valence-corrected chi connectivity index (χ0v) is 18.0. The van der Waals surface area contributed by atoms with Gasteiger partial charge in [0.2, 0.25) is 0 Å². The highest BCUT2D eigenvalue weighted by molar-refractivity contribution is 6.07. The molecule has 0 aliphatic carbocycles. The number of fused-ring (bicyclic) bond motifs is 1. The lowest BCUT2D eigenvalue weighted by Gasteiger charge is -2.33. The number of aryl methyl sites for hydroxylation is 2. The molecular formula is C26H26N4O. The van der Waals surface area contributed by atoms with Gasteiger partial charge in [0.15, 0.2) is 0 Å². The molecule has 0 spiro atoms. The van der Waals surface area contributed by atoms with E-state index in [1.54, 1.807) is 0 Å². The number of amides is 1. The molecule has 1 fully saturated rings. The van der Waals surface area contributed by atoms with Crippen molar-refractivity contribution >= 4 is 16.8 Å².